The molecular weight excluding hydrogens is 194 g/mol. The zero-order valence-corrected chi connectivity index (χ0v) is 9.80. The van der Waals surface area contributed by atoms with Crippen LogP contribution in [0.2, 0.25) is 0 Å². The van der Waals surface area contributed by atoms with Crippen molar-refractivity contribution in [3.8, 4) is 0 Å². The summed E-state index contributed by atoms with van der Waals surface area (Å²) in [4.78, 5) is 7.22. The monoisotopic (exact) mass is 211 g/mol. The van der Waals surface area contributed by atoms with E-state index in [9.17, 15) is 0 Å². The lowest BCUT2D eigenvalue weighted by atomic mass is 10.0. The van der Waals surface area contributed by atoms with Crippen LogP contribution in [0, 0.1) is 5.92 Å². The van der Waals surface area contributed by atoms with E-state index < -0.39 is 0 Å². The summed E-state index contributed by atoms with van der Waals surface area (Å²) in [6.07, 6.45) is 4.16. The Kier molecular flexibility index (Phi) is 4.66. The summed E-state index contributed by atoms with van der Waals surface area (Å²) in [6.45, 7) is 4.51. The predicted molar refractivity (Wildman–Crippen MR) is 62.1 cm³/mol. The summed E-state index contributed by atoms with van der Waals surface area (Å²) in [5, 5.41) is 3.74. The Hall–Kier alpha value is -0.830. The molecule has 1 atom stereocenters. The number of thiophene rings is 1. The SMILES string of the molecule is CCC(C)Cc1ccc(/C=N/OC)s1. The van der Waals surface area contributed by atoms with Gasteiger partial charge in [-0.3, -0.25) is 0 Å². The molecule has 0 bridgehead atoms. The van der Waals surface area contributed by atoms with Crippen LogP contribution in [-0.2, 0) is 11.3 Å². The number of hydrogen-bond donors (Lipinski definition) is 0. The van der Waals surface area contributed by atoms with Gasteiger partial charge in [0.25, 0.3) is 0 Å². The van der Waals surface area contributed by atoms with E-state index in [0.29, 0.717) is 0 Å². The van der Waals surface area contributed by atoms with Crippen LogP contribution in [-0.4, -0.2) is 13.3 Å². The molecule has 1 heterocycles. The molecule has 0 aliphatic carbocycles. The summed E-state index contributed by atoms with van der Waals surface area (Å²) in [6, 6.07) is 4.26. The van der Waals surface area contributed by atoms with E-state index in [0.717, 1.165) is 10.8 Å². The zero-order chi connectivity index (χ0) is 10.4. The number of nitrogens with zero attached hydrogens (tertiary/aromatic N) is 1. The van der Waals surface area contributed by atoms with Crippen LogP contribution in [0.4, 0.5) is 0 Å². The summed E-state index contributed by atoms with van der Waals surface area (Å²) >= 11 is 1.79. The molecule has 0 aromatic carbocycles. The lowest BCUT2D eigenvalue weighted by Crippen LogP contribution is -1.94. The molecule has 0 amide bonds. The average Bonchev–Trinajstić information content (AvgIpc) is 2.62. The van der Waals surface area contributed by atoms with Crippen LogP contribution in [0.15, 0.2) is 17.3 Å². The van der Waals surface area contributed by atoms with Gasteiger partial charge in [-0.25, -0.2) is 0 Å². The first-order valence-corrected chi connectivity index (χ1v) is 5.73. The molecular formula is C11H17NOS. The smallest absolute Gasteiger partial charge is 0.106 e. The summed E-state index contributed by atoms with van der Waals surface area (Å²) < 4.78 is 0. The highest BCUT2D eigenvalue weighted by Gasteiger charge is 2.03. The molecule has 0 saturated heterocycles. The molecule has 0 fully saturated rings. The second-order valence-electron chi connectivity index (χ2n) is 3.44. The highest BCUT2D eigenvalue weighted by Crippen LogP contribution is 2.19. The quantitative estimate of drug-likeness (QED) is 0.541. The highest BCUT2D eigenvalue weighted by molar-refractivity contribution is 7.13. The first kappa shape index (κ1) is 11.2. The molecule has 1 unspecified atom stereocenters. The Labute approximate surface area is 89.6 Å². The van der Waals surface area contributed by atoms with E-state index in [1.54, 1.807) is 24.7 Å². The lowest BCUT2D eigenvalue weighted by Gasteiger charge is -2.04. The molecule has 0 spiro atoms. The molecule has 14 heavy (non-hydrogen) atoms. The molecule has 1 aromatic heterocycles. The maximum absolute atomic E-state index is 4.63. The van der Waals surface area contributed by atoms with Gasteiger partial charge in [0.1, 0.15) is 7.11 Å². The second kappa shape index (κ2) is 5.81. The standard InChI is InChI=1S/C11H17NOS/c1-4-9(2)7-10-5-6-11(14-10)8-12-13-3/h5-6,8-9H,4,7H2,1-3H3/b12-8+. The van der Waals surface area contributed by atoms with E-state index in [1.807, 2.05) is 0 Å². The molecule has 0 N–H and O–H groups in total. The minimum atomic E-state index is 0.765. The second-order valence-corrected chi connectivity index (χ2v) is 4.64. The first-order valence-electron chi connectivity index (χ1n) is 4.91. The van der Waals surface area contributed by atoms with Crippen molar-refractivity contribution in [3.05, 3.63) is 21.9 Å². The minimum absolute atomic E-state index is 0.765. The van der Waals surface area contributed by atoms with Crippen molar-refractivity contribution >= 4 is 17.6 Å². The van der Waals surface area contributed by atoms with Crippen molar-refractivity contribution in [2.45, 2.75) is 26.7 Å². The maximum atomic E-state index is 4.63. The summed E-state index contributed by atoms with van der Waals surface area (Å²) in [7, 11) is 1.56. The Morgan fingerprint density at radius 1 is 1.57 bits per heavy atom. The fourth-order valence-corrected chi connectivity index (χ4v) is 2.20. The van der Waals surface area contributed by atoms with Gasteiger partial charge in [-0.15, -0.1) is 11.3 Å². The van der Waals surface area contributed by atoms with Gasteiger partial charge in [-0.05, 0) is 24.5 Å². The first-order chi connectivity index (χ1) is 6.76. The Morgan fingerprint density at radius 2 is 2.36 bits per heavy atom. The van der Waals surface area contributed by atoms with Crippen molar-refractivity contribution in [2.24, 2.45) is 11.1 Å². The van der Waals surface area contributed by atoms with E-state index in [2.05, 4.69) is 36.0 Å². The zero-order valence-electron chi connectivity index (χ0n) is 8.99. The van der Waals surface area contributed by atoms with Crippen molar-refractivity contribution in [1.82, 2.24) is 0 Å². The third kappa shape index (κ3) is 3.50. The van der Waals surface area contributed by atoms with E-state index in [1.165, 1.54) is 17.7 Å². The van der Waals surface area contributed by atoms with Crippen LogP contribution < -0.4 is 0 Å². The fraction of sp³-hybridized carbons (Fsp3) is 0.545. The summed E-state index contributed by atoms with van der Waals surface area (Å²) in [5.41, 5.74) is 0. The average molecular weight is 211 g/mol. The Bertz CT molecular complexity index is 293. The van der Waals surface area contributed by atoms with Gasteiger partial charge < -0.3 is 4.84 Å². The highest BCUT2D eigenvalue weighted by atomic mass is 32.1. The van der Waals surface area contributed by atoms with Crippen molar-refractivity contribution in [2.75, 3.05) is 7.11 Å². The number of rotatable bonds is 5. The van der Waals surface area contributed by atoms with Gasteiger partial charge in [0.2, 0.25) is 0 Å². The van der Waals surface area contributed by atoms with Crippen LogP contribution in [0.3, 0.4) is 0 Å². The molecule has 1 aromatic rings. The largest absolute Gasteiger partial charge is 0.399 e. The van der Waals surface area contributed by atoms with E-state index in [4.69, 9.17) is 0 Å². The Morgan fingerprint density at radius 3 is 3.00 bits per heavy atom. The predicted octanol–water partition coefficient (Wildman–Crippen LogP) is 3.32. The van der Waals surface area contributed by atoms with Crippen LogP contribution in [0.25, 0.3) is 0 Å². The van der Waals surface area contributed by atoms with Gasteiger partial charge in [0, 0.05) is 9.75 Å². The normalized spacial score (nSPS) is 13.4. The topological polar surface area (TPSA) is 21.6 Å². The van der Waals surface area contributed by atoms with Crippen LogP contribution >= 0.6 is 11.3 Å². The van der Waals surface area contributed by atoms with Gasteiger partial charge in [0.05, 0.1) is 6.21 Å². The van der Waals surface area contributed by atoms with E-state index in [-0.39, 0.29) is 0 Å². The molecule has 1 rings (SSSR count). The lowest BCUT2D eigenvalue weighted by molar-refractivity contribution is 0.215. The van der Waals surface area contributed by atoms with Crippen molar-refractivity contribution in [3.63, 3.8) is 0 Å². The summed E-state index contributed by atoms with van der Waals surface area (Å²) in [5.74, 6) is 0.765. The molecule has 2 nitrogen and oxygen atoms in total. The molecule has 0 aliphatic rings. The van der Waals surface area contributed by atoms with Gasteiger partial charge in [-0.2, -0.15) is 0 Å². The van der Waals surface area contributed by atoms with E-state index >= 15 is 0 Å². The molecule has 0 aliphatic heterocycles. The minimum Gasteiger partial charge on any atom is -0.399 e. The van der Waals surface area contributed by atoms with Crippen molar-refractivity contribution in [1.29, 1.82) is 0 Å². The van der Waals surface area contributed by atoms with Crippen LogP contribution in [0.5, 0.6) is 0 Å². The molecule has 0 radical (unpaired) electrons. The molecule has 78 valence electrons. The third-order valence-electron chi connectivity index (χ3n) is 2.21. The van der Waals surface area contributed by atoms with Gasteiger partial charge >= 0.3 is 0 Å². The van der Waals surface area contributed by atoms with Crippen molar-refractivity contribution < 1.29 is 4.84 Å². The van der Waals surface area contributed by atoms with Crippen LogP contribution in [0.1, 0.15) is 30.0 Å². The Balaban J connectivity index is 2.54. The molecule has 0 saturated carbocycles. The number of oxime groups is 1. The fourth-order valence-electron chi connectivity index (χ4n) is 1.17. The van der Waals surface area contributed by atoms with Gasteiger partial charge in [-0.1, -0.05) is 25.4 Å². The molecule has 3 heteroatoms. The third-order valence-corrected chi connectivity index (χ3v) is 3.26. The number of hydrogen-bond acceptors (Lipinski definition) is 3. The van der Waals surface area contributed by atoms with Gasteiger partial charge in [0.15, 0.2) is 0 Å². The maximum Gasteiger partial charge on any atom is 0.106 e.